The van der Waals surface area contributed by atoms with E-state index in [0.29, 0.717) is 13.0 Å². The van der Waals surface area contributed by atoms with E-state index in [9.17, 15) is 4.79 Å². The fourth-order valence-corrected chi connectivity index (χ4v) is 0.632. The SMILES string of the molecule is NCCCCC(N)C(=O)O.[Ag]. The van der Waals surface area contributed by atoms with Gasteiger partial charge in [0.1, 0.15) is 6.04 Å². The molecule has 11 heavy (non-hydrogen) atoms. The molecule has 0 aliphatic rings. The Balaban J connectivity index is 0. The van der Waals surface area contributed by atoms with Crippen molar-refractivity contribution in [3.05, 3.63) is 0 Å². The third-order valence-corrected chi connectivity index (χ3v) is 1.29. The summed E-state index contributed by atoms with van der Waals surface area (Å²) in [5, 5.41) is 8.33. The number of rotatable bonds is 5. The van der Waals surface area contributed by atoms with Crippen LogP contribution in [-0.4, -0.2) is 23.7 Å². The number of carbonyl (C=O) groups is 1. The molecule has 0 aromatic carbocycles. The summed E-state index contributed by atoms with van der Waals surface area (Å²) < 4.78 is 0. The van der Waals surface area contributed by atoms with Gasteiger partial charge in [-0.05, 0) is 19.4 Å². The van der Waals surface area contributed by atoms with Gasteiger partial charge in [0.15, 0.2) is 0 Å². The van der Waals surface area contributed by atoms with Gasteiger partial charge in [0.05, 0.1) is 0 Å². The Kier molecular flexibility index (Phi) is 10.3. The van der Waals surface area contributed by atoms with Gasteiger partial charge in [-0.3, -0.25) is 4.79 Å². The van der Waals surface area contributed by atoms with Crippen LogP contribution in [0.2, 0.25) is 0 Å². The van der Waals surface area contributed by atoms with Crippen molar-refractivity contribution in [3.63, 3.8) is 0 Å². The standard InChI is InChI=1S/C6H14N2O2.Ag/c7-4-2-1-3-5(8)6(9)10;/h5H,1-4,7-8H2,(H,9,10);. The summed E-state index contributed by atoms with van der Waals surface area (Å²) in [6, 6.07) is -0.716. The first-order valence-corrected chi connectivity index (χ1v) is 3.37. The number of carboxylic acid groups (broad SMARTS) is 1. The molecule has 0 aliphatic heterocycles. The molecule has 0 aliphatic carbocycles. The van der Waals surface area contributed by atoms with Gasteiger partial charge in [-0.2, -0.15) is 0 Å². The summed E-state index contributed by atoms with van der Waals surface area (Å²) in [7, 11) is 0. The van der Waals surface area contributed by atoms with Gasteiger partial charge >= 0.3 is 5.97 Å². The number of nitrogens with two attached hydrogens (primary N) is 2. The number of aliphatic carboxylic acids is 1. The van der Waals surface area contributed by atoms with Crippen LogP contribution < -0.4 is 11.5 Å². The molecule has 0 heterocycles. The Morgan fingerprint density at radius 2 is 2.00 bits per heavy atom. The Bertz CT molecular complexity index is 111. The molecule has 0 spiro atoms. The third-order valence-electron chi connectivity index (χ3n) is 1.29. The normalized spacial score (nSPS) is 11.8. The fourth-order valence-electron chi connectivity index (χ4n) is 0.632. The molecular weight excluding hydrogens is 240 g/mol. The van der Waals surface area contributed by atoms with Crippen molar-refractivity contribution in [2.75, 3.05) is 6.54 Å². The van der Waals surface area contributed by atoms with Crippen molar-refractivity contribution in [1.29, 1.82) is 0 Å². The Morgan fingerprint density at radius 3 is 2.36 bits per heavy atom. The van der Waals surface area contributed by atoms with Crippen LogP contribution >= 0.6 is 0 Å². The summed E-state index contributed by atoms with van der Waals surface area (Å²) >= 11 is 0. The largest absolute Gasteiger partial charge is 0.480 e. The zero-order valence-corrected chi connectivity index (χ0v) is 7.70. The average molecular weight is 254 g/mol. The smallest absolute Gasteiger partial charge is 0.320 e. The van der Waals surface area contributed by atoms with Gasteiger partial charge in [-0.1, -0.05) is 6.42 Å². The minimum absolute atomic E-state index is 0. The molecule has 0 aromatic heterocycles. The van der Waals surface area contributed by atoms with Gasteiger partial charge in [-0.25, -0.2) is 0 Å². The quantitative estimate of drug-likeness (QED) is 0.457. The van der Waals surface area contributed by atoms with Crippen molar-refractivity contribution in [3.8, 4) is 0 Å². The molecule has 0 saturated carbocycles. The molecule has 1 unspecified atom stereocenters. The van der Waals surface area contributed by atoms with Crippen LogP contribution in [0.25, 0.3) is 0 Å². The zero-order valence-electron chi connectivity index (χ0n) is 6.22. The first-order chi connectivity index (χ1) is 4.68. The number of hydrogen-bond acceptors (Lipinski definition) is 3. The van der Waals surface area contributed by atoms with Crippen molar-refractivity contribution in [2.45, 2.75) is 25.3 Å². The number of hydrogen-bond donors (Lipinski definition) is 3. The number of carboxylic acids is 1. The minimum atomic E-state index is -0.933. The topological polar surface area (TPSA) is 89.3 Å². The van der Waals surface area contributed by atoms with Crippen LogP contribution in [0.3, 0.4) is 0 Å². The second-order valence-corrected chi connectivity index (χ2v) is 2.23. The Labute approximate surface area is 81.8 Å². The summed E-state index contributed by atoms with van der Waals surface area (Å²) in [6.07, 6.45) is 2.16. The summed E-state index contributed by atoms with van der Waals surface area (Å²) in [4.78, 5) is 10.1. The van der Waals surface area contributed by atoms with E-state index < -0.39 is 12.0 Å². The van der Waals surface area contributed by atoms with Gasteiger partial charge in [0, 0.05) is 22.4 Å². The summed E-state index contributed by atoms with van der Waals surface area (Å²) in [6.45, 7) is 0.604. The molecule has 5 heteroatoms. The molecule has 0 fully saturated rings. The first-order valence-electron chi connectivity index (χ1n) is 3.37. The maximum Gasteiger partial charge on any atom is 0.320 e. The van der Waals surface area contributed by atoms with Gasteiger partial charge in [0.25, 0.3) is 0 Å². The molecule has 0 bridgehead atoms. The van der Waals surface area contributed by atoms with Crippen LogP contribution in [0, 0.1) is 0 Å². The monoisotopic (exact) mass is 253 g/mol. The van der Waals surface area contributed by atoms with Crippen molar-refractivity contribution in [2.24, 2.45) is 11.5 Å². The average Bonchev–Trinajstić information content (AvgIpc) is 1.88. The Hall–Kier alpha value is 0.130. The van der Waals surface area contributed by atoms with E-state index >= 15 is 0 Å². The van der Waals surface area contributed by atoms with E-state index in [1.54, 1.807) is 0 Å². The molecule has 4 nitrogen and oxygen atoms in total. The fraction of sp³-hybridized carbons (Fsp3) is 0.833. The number of unbranched alkanes of at least 4 members (excludes halogenated alkanes) is 1. The molecular formula is C6H14AgN2O2. The molecule has 0 rings (SSSR count). The second kappa shape index (κ2) is 8.23. The third kappa shape index (κ3) is 8.03. The predicted molar refractivity (Wildman–Crippen MR) is 38.5 cm³/mol. The molecule has 0 saturated heterocycles. The van der Waals surface area contributed by atoms with Crippen LogP contribution in [0.1, 0.15) is 19.3 Å². The maximum atomic E-state index is 10.1. The van der Waals surface area contributed by atoms with Crippen molar-refractivity contribution < 1.29 is 32.3 Å². The zero-order chi connectivity index (χ0) is 7.98. The molecule has 1 radical (unpaired) electrons. The van der Waals surface area contributed by atoms with Crippen LogP contribution in [-0.2, 0) is 27.2 Å². The first kappa shape index (κ1) is 13.7. The van der Waals surface area contributed by atoms with E-state index in [1.807, 2.05) is 0 Å². The van der Waals surface area contributed by atoms with E-state index in [0.717, 1.165) is 12.8 Å². The molecule has 0 amide bonds. The molecule has 0 aromatic rings. The van der Waals surface area contributed by atoms with Gasteiger partial charge < -0.3 is 16.6 Å². The van der Waals surface area contributed by atoms with Crippen molar-refractivity contribution >= 4 is 5.97 Å². The van der Waals surface area contributed by atoms with E-state index in [-0.39, 0.29) is 22.4 Å². The molecule has 71 valence electrons. The second-order valence-electron chi connectivity index (χ2n) is 2.23. The maximum absolute atomic E-state index is 10.1. The van der Waals surface area contributed by atoms with Gasteiger partial charge in [-0.15, -0.1) is 0 Å². The predicted octanol–water partition coefficient (Wildman–Crippen LogP) is -0.475. The van der Waals surface area contributed by atoms with E-state index in [1.165, 1.54) is 0 Å². The van der Waals surface area contributed by atoms with Crippen LogP contribution in [0.15, 0.2) is 0 Å². The summed E-state index contributed by atoms with van der Waals surface area (Å²) in [5.41, 5.74) is 10.4. The van der Waals surface area contributed by atoms with E-state index in [2.05, 4.69) is 0 Å². The minimum Gasteiger partial charge on any atom is -0.480 e. The van der Waals surface area contributed by atoms with Crippen LogP contribution in [0.4, 0.5) is 0 Å². The van der Waals surface area contributed by atoms with Crippen molar-refractivity contribution in [1.82, 2.24) is 0 Å². The summed E-state index contributed by atoms with van der Waals surface area (Å²) in [5.74, 6) is -0.933. The Morgan fingerprint density at radius 1 is 1.45 bits per heavy atom. The molecule has 5 N–H and O–H groups in total. The van der Waals surface area contributed by atoms with Gasteiger partial charge in [0.2, 0.25) is 0 Å². The van der Waals surface area contributed by atoms with E-state index in [4.69, 9.17) is 16.6 Å². The molecule has 1 atom stereocenters. The van der Waals surface area contributed by atoms with Crippen LogP contribution in [0.5, 0.6) is 0 Å².